The highest BCUT2D eigenvalue weighted by molar-refractivity contribution is 6.22. The normalized spacial score (nSPS) is 11.6. The van der Waals surface area contributed by atoms with Gasteiger partial charge in [0, 0.05) is 22.7 Å². The van der Waals surface area contributed by atoms with E-state index in [2.05, 4.69) is 187 Å². The maximum atomic E-state index is 4.84. The smallest absolute Gasteiger partial charge is 0.145 e. The molecule has 0 amide bonds. The van der Waals surface area contributed by atoms with Gasteiger partial charge < -0.3 is 0 Å². The molecule has 0 saturated carbocycles. The Morgan fingerprint density at radius 3 is 1.57 bits per heavy atom. The summed E-state index contributed by atoms with van der Waals surface area (Å²) in [7, 11) is 0. The second kappa shape index (κ2) is 12.8. The molecule has 250 valence electrons. The fourth-order valence-electron chi connectivity index (χ4n) is 8.28. The standard InChI is InChI=1S/C51H36N2/c1-2-34-29-39(31-40(30-34)38-25-27-48-46(32-38)45-23-14-28-52-51(45)53(48)41-19-10-5-11-20-41)37-24-26-44-47(33-37)50(36-17-8-4-9-18-36)43-22-13-12-21-42(43)49(44)35-15-6-3-7-16-35/h3-33H,2H2,1H3. The van der Waals surface area contributed by atoms with Crippen LogP contribution in [0.1, 0.15) is 12.5 Å². The summed E-state index contributed by atoms with van der Waals surface area (Å²) in [4.78, 5) is 4.84. The molecule has 0 atom stereocenters. The molecule has 0 spiro atoms. The summed E-state index contributed by atoms with van der Waals surface area (Å²) in [5.74, 6) is 0. The van der Waals surface area contributed by atoms with E-state index in [0.29, 0.717) is 0 Å². The second-order valence-electron chi connectivity index (χ2n) is 13.8. The number of fused-ring (bicyclic) bond motifs is 5. The number of aromatic nitrogens is 2. The van der Waals surface area contributed by atoms with Crippen molar-refractivity contribution in [2.24, 2.45) is 0 Å². The largest absolute Gasteiger partial charge is 0.294 e. The lowest BCUT2D eigenvalue weighted by Gasteiger charge is -2.19. The molecule has 10 aromatic rings. The number of pyridine rings is 1. The molecule has 0 fully saturated rings. The molecule has 0 radical (unpaired) electrons. The van der Waals surface area contributed by atoms with E-state index in [1.165, 1.54) is 77.0 Å². The fraction of sp³-hybridized carbons (Fsp3) is 0.0392. The number of rotatable bonds is 6. The third-order valence-electron chi connectivity index (χ3n) is 10.8. The van der Waals surface area contributed by atoms with Gasteiger partial charge in [-0.05, 0) is 127 Å². The average Bonchev–Trinajstić information content (AvgIpc) is 3.57. The Labute approximate surface area is 309 Å². The van der Waals surface area contributed by atoms with E-state index in [4.69, 9.17) is 4.98 Å². The van der Waals surface area contributed by atoms with Crippen molar-refractivity contribution in [1.82, 2.24) is 9.55 Å². The van der Waals surface area contributed by atoms with Gasteiger partial charge >= 0.3 is 0 Å². The van der Waals surface area contributed by atoms with E-state index in [1.807, 2.05) is 12.3 Å². The molecular weight excluding hydrogens is 641 g/mol. The number of hydrogen-bond donors (Lipinski definition) is 0. The van der Waals surface area contributed by atoms with Crippen LogP contribution in [-0.2, 0) is 6.42 Å². The van der Waals surface area contributed by atoms with Gasteiger partial charge in [0.15, 0.2) is 0 Å². The van der Waals surface area contributed by atoms with Crippen LogP contribution in [0.2, 0.25) is 0 Å². The summed E-state index contributed by atoms with van der Waals surface area (Å²) in [6.07, 6.45) is 2.84. The fourth-order valence-corrected chi connectivity index (χ4v) is 8.28. The Morgan fingerprint density at radius 1 is 0.396 bits per heavy atom. The van der Waals surface area contributed by atoms with E-state index >= 15 is 0 Å². The number of aryl methyl sites for hydroxylation is 1. The molecule has 0 saturated heterocycles. The molecular formula is C51H36N2. The third kappa shape index (κ3) is 5.22. The number of nitrogens with zero attached hydrogens (tertiary/aromatic N) is 2. The molecule has 0 aliphatic heterocycles. The molecule has 2 heteroatoms. The first-order valence-corrected chi connectivity index (χ1v) is 18.4. The van der Waals surface area contributed by atoms with Gasteiger partial charge in [0.1, 0.15) is 5.65 Å². The minimum absolute atomic E-state index is 0.950. The predicted octanol–water partition coefficient (Wildman–Crippen LogP) is 13.7. The van der Waals surface area contributed by atoms with Gasteiger partial charge in [-0.3, -0.25) is 4.57 Å². The number of benzene rings is 8. The zero-order valence-corrected chi connectivity index (χ0v) is 29.5. The van der Waals surface area contributed by atoms with Gasteiger partial charge in [-0.1, -0.05) is 140 Å². The van der Waals surface area contributed by atoms with Gasteiger partial charge in [0.2, 0.25) is 0 Å². The average molecular weight is 677 g/mol. The summed E-state index contributed by atoms with van der Waals surface area (Å²) in [5, 5.41) is 7.42. The Morgan fingerprint density at radius 2 is 0.925 bits per heavy atom. The van der Waals surface area contributed by atoms with Gasteiger partial charge in [-0.15, -0.1) is 0 Å². The third-order valence-corrected chi connectivity index (χ3v) is 10.8. The lowest BCUT2D eigenvalue weighted by atomic mass is 9.84. The first kappa shape index (κ1) is 31.0. The summed E-state index contributed by atoms with van der Waals surface area (Å²) in [6.45, 7) is 2.25. The minimum Gasteiger partial charge on any atom is -0.294 e. The molecule has 0 aliphatic rings. The molecule has 0 bridgehead atoms. The lowest BCUT2D eigenvalue weighted by Crippen LogP contribution is -1.94. The summed E-state index contributed by atoms with van der Waals surface area (Å²) in [5.41, 5.74) is 14.4. The van der Waals surface area contributed by atoms with Crippen molar-refractivity contribution in [2.45, 2.75) is 13.3 Å². The van der Waals surface area contributed by atoms with E-state index in [0.717, 1.165) is 28.7 Å². The predicted molar refractivity (Wildman–Crippen MR) is 225 cm³/mol. The summed E-state index contributed by atoms with van der Waals surface area (Å²) >= 11 is 0. The molecule has 2 nitrogen and oxygen atoms in total. The van der Waals surface area contributed by atoms with Crippen molar-refractivity contribution >= 4 is 43.5 Å². The lowest BCUT2D eigenvalue weighted by molar-refractivity contribution is 1.14. The van der Waals surface area contributed by atoms with E-state index in [9.17, 15) is 0 Å². The quantitative estimate of drug-likeness (QED) is 0.160. The summed E-state index contributed by atoms with van der Waals surface area (Å²) in [6, 6.07) is 66.4. The van der Waals surface area contributed by atoms with E-state index < -0.39 is 0 Å². The van der Waals surface area contributed by atoms with Crippen molar-refractivity contribution in [2.75, 3.05) is 0 Å². The van der Waals surface area contributed by atoms with Crippen LogP contribution in [0.15, 0.2) is 188 Å². The first-order valence-electron chi connectivity index (χ1n) is 18.4. The highest BCUT2D eigenvalue weighted by atomic mass is 15.0. The zero-order valence-electron chi connectivity index (χ0n) is 29.5. The van der Waals surface area contributed by atoms with Crippen LogP contribution in [-0.4, -0.2) is 9.55 Å². The first-order chi connectivity index (χ1) is 26.2. The van der Waals surface area contributed by atoms with E-state index in [-0.39, 0.29) is 0 Å². The molecule has 0 aliphatic carbocycles. The van der Waals surface area contributed by atoms with Crippen LogP contribution in [0.25, 0.3) is 93.7 Å². The van der Waals surface area contributed by atoms with Gasteiger partial charge in [-0.2, -0.15) is 0 Å². The van der Waals surface area contributed by atoms with Crippen molar-refractivity contribution in [3.8, 4) is 50.2 Å². The van der Waals surface area contributed by atoms with Gasteiger partial charge in [-0.25, -0.2) is 4.98 Å². The Balaban J connectivity index is 1.19. The van der Waals surface area contributed by atoms with Crippen molar-refractivity contribution in [3.63, 3.8) is 0 Å². The van der Waals surface area contributed by atoms with Crippen LogP contribution in [0, 0.1) is 0 Å². The monoisotopic (exact) mass is 676 g/mol. The van der Waals surface area contributed by atoms with Crippen LogP contribution >= 0.6 is 0 Å². The van der Waals surface area contributed by atoms with Crippen LogP contribution in [0.3, 0.4) is 0 Å². The Kier molecular flexibility index (Phi) is 7.47. The van der Waals surface area contributed by atoms with Crippen molar-refractivity contribution in [3.05, 3.63) is 194 Å². The van der Waals surface area contributed by atoms with Crippen molar-refractivity contribution < 1.29 is 0 Å². The molecule has 8 aromatic carbocycles. The number of para-hydroxylation sites is 1. The minimum atomic E-state index is 0.950. The number of hydrogen-bond acceptors (Lipinski definition) is 1. The highest BCUT2D eigenvalue weighted by Gasteiger charge is 2.18. The highest BCUT2D eigenvalue weighted by Crippen LogP contribution is 2.45. The molecule has 2 heterocycles. The molecule has 53 heavy (non-hydrogen) atoms. The van der Waals surface area contributed by atoms with E-state index in [1.54, 1.807) is 0 Å². The Hall–Kier alpha value is -6.77. The maximum absolute atomic E-state index is 4.84. The topological polar surface area (TPSA) is 17.8 Å². The molecule has 10 rings (SSSR count). The van der Waals surface area contributed by atoms with Crippen LogP contribution < -0.4 is 0 Å². The second-order valence-corrected chi connectivity index (χ2v) is 13.8. The van der Waals surface area contributed by atoms with Crippen molar-refractivity contribution in [1.29, 1.82) is 0 Å². The Bertz CT molecular complexity index is 2960. The maximum Gasteiger partial charge on any atom is 0.145 e. The van der Waals surface area contributed by atoms with Crippen LogP contribution in [0.4, 0.5) is 0 Å². The molecule has 2 aromatic heterocycles. The molecule has 0 N–H and O–H groups in total. The SMILES string of the molecule is CCc1cc(-c2ccc3c(-c4ccccc4)c4ccccc4c(-c4ccccc4)c3c2)cc(-c2ccc3c(c2)c2cccnc2n3-c2ccccc2)c1. The van der Waals surface area contributed by atoms with Gasteiger partial charge in [0.25, 0.3) is 0 Å². The van der Waals surface area contributed by atoms with Gasteiger partial charge in [0.05, 0.1) is 5.52 Å². The molecule has 0 unspecified atom stereocenters. The zero-order chi connectivity index (χ0) is 35.3. The summed E-state index contributed by atoms with van der Waals surface area (Å²) < 4.78 is 2.27. The van der Waals surface area contributed by atoms with Crippen LogP contribution in [0.5, 0.6) is 0 Å².